The van der Waals surface area contributed by atoms with Gasteiger partial charge in [0.1, 0.15) is 0 Å². The summed E-state index contributed by atoms with van der Waals surface area (Å²) in [6.07, 6.45) is 7.88. The molecule has 3 rings (SSSR count). The zero-order valence-corrected chi connectivity index (χ0v) is 12.9. The number of fused-ring (bicyclic) bond motifs is 1. The summed E-state index contributed by atoms with van der Waals surface area (Å²) in [5, 5.41) is 18.0. The molecule has 0 spiro atoms. The summed E-state index contributed by atoms with van der Waals surface area (Å²) in [6, 6.07) is 9.05. The molecule has 1 unspecified atom stereocenters. The van der Waals surface area contributed by atoms with Gasteiger partial charge >= 0.3 is 0 Å². The smallest absolute Gasteiger partial charge is 0.0771 e. The third-order valence-electron chi connectivity index (χ3n) is 5.07. The van der Waals surface area contributed by atoms with E-state index in [1.165, 1.54) is 36.8 Å². The van der Waals surface area contributed by atoms with E-state index in [4.69, 9.17) is 0 Å². The van der Waals surface area contributed by atoms with E-state index >= 15 is 0 Å². The third-order valence-corrected chi connectivity index (χ3v) is 5.07. The molecule has 1 aliphatic heterocycles. The Hall–Kier alpha value is -0.900. The maximum absolute atomic E-state index is 10.8. The maximum atomic E-state index is 10.8. The summed E-state index contributed by atoms with van der Waals surface area (Å²) in [5.41, 5.74) is 2.30. The van der Waals surface area contributed by atoms with E-state index in [9.17, 15) is 5.11 Å². The van der Waals surface area contributed by atoms with Crippen molar-refractivity contribution < 1.29 is 5.11 Å². The van der Waals surface area contributed by atoms with Crippen molar-refractivity contribution in [2.45, 2.75) is 63.1 Å². The molecule has 116 valence electrons. The van der Waals surface area contributed by atoms with Gasteiger partial charge in [-0.3, -0.25) is 0 Å². The zero-order valence-electron chi connectivity index (χ0n) is 12.9. The van der Waals surface area contributed by atoms with Crippen LogP contribution in [0.2, 0.25) is 0 Å². The average Bonchev–Trinajstić information content (AvgIpc) is 2.84. The first-order valence-electron chi connectivity index (χ1n) is 8.51. The van der Waals surface area contributed by atoms with E-state index in [2.05, 4.69) is 34.9 Å². The standard InChI is InChI=1S/C18H28N2O/c21-18(10-5-1-2-6-11-18)14-20-17-9-12-19-13-15-7-3-4-8-16(15)17/h3-4,7-8,17,19-21H,1-2,5-6,9-14H2. The van der Waals surface area contributed by atoms with Gasteiger partial charge in [-0.25, -0.2) is 0 Å². The molecule has 3 heteroatoms. The molecule has 1 heterocycles. The molecule has 3 N–H and O–H groups in total. The van der Waals surface area contributed by atoms with Gasteiger partial charge in [0.25, 0.3) is 0 Å². The van der Waals surface area contributed by atoms with Crippen LogP contribution in [0.1, 0.15) is 62.1 Å². The van der Waals surface area contributed by atoms with Crippen LogP contribution < -0.4 is 10.6 Å². The SMILES string of the molecule is OC1(CNC2CCNCc3ccccc32)CCCCCC1. The number of hydrogen-bond acceptors (Lipinski definition) is 3. The lowest BCUT2D eigenvalue weighted by Gasteiger charge is -2.30. The van der Waals surface area contributed by atoms with E-state index in [0.717, 1.165) is 38.9 Å². The monoisotopic (exact) mass is 288 g/mol. The van der Waals surface area contributed by atoms with Crippen LogP contribution in [0.4, 0.5) is 0 Å². The lowest BCUT2D eigenvalue weighted by molar-refractivity contribution is 0.0224. The van der Waals surface area contributed by atoms with Gasteiger partial charge < -0.3 is 15.7 Å². The van der Waals surface area contributed by atoms with Gasteiger partial charge in [-0.05, 0) is 36.9 Å². The summed E-state index contributed by atoms with van der Waals surface area (Å²) in [7, 11) is 0. The van der Waals surface area contributed by atoms with E-state index in [1.54, 1.807) is 0 Å². The molecule has 21 heavy (non-hydrogen) atoms. The van der Waals surface area contributed by atoms with Crippen LogP contribution in [0.15, 0.2) is 24.3 Å². The quantitative estimate of drug-likeness (QED) is 0.749. The number of aliphatic hydroxyl groups is 1. The Morgan fingerprint density at radius 3 is 2.71 bits per heavy atom. The Morgan fingerprint density at radius 2 is 1.90 bits per heavy atom. The van der Waals surface area contributed by atoms with Crippen molar-refractivity contribution in [1.29, 1.82) is 0 Å². The Bertz CT molecular complexity index is 452. The fourth-order valence-corrected chi connectivity index (χ4v) is 3.75. The van der Waals surface area contributed by atoms with E-state index < -0.39 is 5.60 Å². The highest BCUT2D eigenvalue weighted by Crippen LogP contribution is 2.29. The molecule has 1 saturated carbocycles. The van der Waals surface area contributed by atoms with Crippen LogP contribution >= 0.6 is 0 Å². The van der Waals surface area contributed by atoms with Gasteiger partial charge in [0, 0.05) is 19.1 Å². The molecule has 1 atom stereocenters. The van der Waals surface area contributed by atoms with Crippen LogP contribution in [0.3, 0.4) is 0 Å². The van der Waals surface area contributed by atoms with Gasteiger partial charge in [-0.1, -0.05) is 49.9 Å². The molecule has 3 nitrogen and oxygen atoms in total. The van der Waals surface area contributed by atoms with Crippen molar-refractivity contribution in [3.8, 4) is 0 Å². The number of benzene rings is 1. The summed E-state index contributed by atoms with van der Waals surface area (Å²) in [4.78, 5) is 0. The summed E-state index contributed by atoms with van der Waals surface area (Å²) in [5.74, 6) is 0. The zero-order chi connectivity index (χ0) is 14.5. The van der Waals surface area contributed by atoms with Crippen molar-refractivity contribution in [3.05, 3.63) is 35.4 Å². The van der Waals surface area contributed by atoms with Gasteiger partial charge in [0.05, 0.1) is 5.60 Å². The second kappa shape index (κ2) is 6.91. The second-order valence-corrected chi connectivity index (χ2v) is 6.74. The number of rotatable bonds is 3. The van der Waals surface area contributed by atoms with Crippen LogP contribution in [0.5, 0.6) is 0 Å². The molecule has 1 fully saturated rings. The third kappa shape index (κ3) is 3.85. The second-order valence-electron chi connectivity index (χ2n) is 6.74. The van der Waals surface area contributed by atoms with E-state index in [-0.39, 0.29) is 0 Å². The highest BCUT2D eigenvalue weighted by molar-refractivity contribution is 5.31. The molecule has 2 aliphatic rings. The average molecular weight is 288 g/mol. The van der Waals surface area contributed by atoms with Crippen LogP contribution in [0.25, 0.3) is 0 Å². The normalized spacial score (nSPS) is 25.7. The van der Waals surface area contributed by atoms with Gasteiger partial charge in [-0.15, -0.1) is 0 Å². The van der Waals surface area contributed by atoms with E-state index in [0.29, 0.717) is 6.04 Å². The summed E-state index contributed by atoms with van der Waals surface area (Å²) in [6.45, 7) is 2.72. The molecule has 1 aliphatic carbocycles. The van der Waals surface area contributed by atoms with Gasteiger partial charge in [0.2, 0.25) is 0 Å². The summed E-state index contributed by atoms with van der Waals surface area (Å²) >= 11 is 0. The lowest BCUT2D eigenvalue weighted by Crippen LogP contribution is -2.41. The minimum atomic E-state index is -0.495. The van der Waals surface area contributed by atoms with Crippen LogP contribution in [-0.2, 0) is 6.54 Å². The Balaban J connectivity index is 1.67. The minimum absolute atomic E-state index is 0.364. The molecule has 0 aromatic heterocycles. The van der Waals surface area contributed by atoms with Crippen LogP contribution in [-0.4, -0.2) is 23.8 Å². The Kier molecular flexibility index (Phi) is 4.94. The fraction of sp³-hybridized carbons (Fsp3) is 0.667. The fourth-order valence-electron chi connectivity index (χ4n) is 3.75. The highest BCUT2D eigenvalue weighted by atomic mass is 16.3. The lowest BCUT2D eigenvalue weighted by atomic mass is 9.93. The molecule has 0 saturated heterocycles. The molecule has 0 radical (unpaired) electrons. The molecule has 1 aromatic rings. The Morgan fingerprint density at radius 1 is 1.14 bits per heavy atom. The van der Waals surface area contributed by atoms with Crippen LogP contribution in [0, 0.1) is 0 Å². The van der Waals surface area contributed by atoms with Crippen molar-refractivity contribution >= 4 is 0 Å². The highest BCUT2D eigenvalue weighted by Gasteiger charge is 2.29. The van der Waals surface area contributed by atoms with Crippen molar-refractivity contribution in [3.63, 3.8) is 0 Å². The number of hydrogen-bond donors (Lipinski definition) is 3. The minimum Gasteiger partial charge on any atom is -0.389 e. The van der Waals surface area contributed by atoms with Crippen molar-refractivity contribution in [2.24, 2.45) is 0 Å². The first kappa shape index (κ1) is 15.0. The Labute approximate surface area is 128 Å². The first-order valence-corrected chi connectivity index (χ1v) is 8.51. The number of nitrogens with one attached hydrogen (secondary N) is 2. The van der Waals surface area contributed by atoms with Gasteiger partial charge in [-0.2, -0.15) is 0 Å². The predicted molar refractivity (Wildman–Crippen MR) is 86.2 cm³/mol. The topological polar surface area (TPSA) is 44.3 Å². The molecule has 1 aromatic carbocycles. The van der Waals surface area contributed by atoms with Crippen molar-refractivity contribution in [2.75, 3.05) is 13.1 Å². The largest absolute Gasteiger partial charge is 0.389 e. The molecule has 0 amide bonds. The van der Waals surface area contributed by atoms with Crippen molar-refractivity contribution in [1.82, 2.24) is 10.6 Å². The molecular formula is C18H28N2O. The first-order chi connectivity index (χ1) is 10.3. The van der Waals surface area contributed by atoms with Gasteiger partial charge in [0.15, 0.2) is 0 Å². The van der Waals surface area contributed by atoms with E-state index in [1.807, 2.05) is 0 Å². The molecule has 0 bridgehead atoms. The maximum Gasteiger partial charge on any atom is 0.0771 e. The predicted octanol–water partition coefficient (Wildman–Crippen LogP) is 2.90. The molecular weight excluding hydrogens is 260 g/mol. The summed E-state index contributed by atoms with van der Waals surface area (Å²) < 4.78 is 0.